The molecule has 1 unspecified atom stereocenters. The summed E-state index contributed by atoms with van der Waals surface area (Å²) >= 11 is 12.0. The zero-order valence-electron chi connectivity index (χ0n) is 15.3. The molecule has 0 spiro atoms. The molecule has 4 rings (SSSR count). The number of para-hydroxylation sites is 1. The van der Waals surface area contributed by atoms with E-state index in [0.717, 1.165) is 22.5 Å². The van der Waals surface area contributed by atoms with Crippen molar-refractivity contribution in [2.45, 2.75) is 12.5 Å². The van der Waals surface area contributed by atoms with E-state index in [1.807, 2.05) is 42.5 Å². The molecule has 3 aromatic carbocycles. The molecule has 0 fully saturated rings. The quantitative estimate of drug-likeness (QED) is 0.446. The van der Waals surface area contributed by atoms with Gasteiger partial charge in [-0.25, -0.2) is 10.2 Å². The van der Waals surface area contributed by atoms with Crippen LogP contribution in [0.1, 0.15) is 23.6 Å². The van der Waals surface area contributed by atoms with E-state index in [4.69, 9.17) is 23.2 Å². The minimum atomic E-state index is -0.478. The van der Waals surface area contributed by atoms with Gasteiger partial charge in [-0.1, -0.05) is 71.7 Å². The molecule has 0 aliphatic carbocycles. The molecule has 1 aliphatic rings. The number of halogens is 2. The average Bonchev–Trinajstić information content (AvgIpc) is 2.74. The third-order valence-corrected chi connectivity index (χ3v) is 5.19. The third kappa shape index (κ3) is 4.53. The number of hydrazone groups is 1. The van der Waals surface area contributed by atoms with Crippen molar-refractivity contribution < 1.29 is 4.79 Å². The van der Waals surface area contributed by atoms with Gasteiger partial charge in [0.25, 0.3) is 0 Å². The van der Waals surface area contributed by atoms with E-state index in [-0.39, 0.29) is 6.04 Å². The largest absolute Gasteiger partial charge is 0.377 e. The van der Waals surface area contributed by atoms with Crippen LogP contribution in [0.4, 0.5) is 16.2 Å². The van der Waals surface area contributed by atoms with Gasteiger partial charge in [0, 0.05) is 22.7 Å². The minimum Gasteiger partial charge on any atom is -0.377 e. The van der Waals surface area contributed by atoms with Crippen molar-refractivity contribution in [3.05, 3.63) is 94.0 Å². The number of benzene rings is 3. The molecule has 3 N–H and O–H groups in total. The van der Waals surface area contributed by atoms with Gasteiger partial charge in [0.2, 0.25) is 0 Å². The first-order chi connectivity index (χ1) is 14.1. The molecule has 7 heteroatoms. The van der Waals surface area contributed by atoms with Crippen LogP contribution in [0.25, 0.3) is 0 Å². The molecule has 0 radical (unpaired) electrons. The third-order valence-electron chi connectivity index (χ3n) is 4.64. The van der Waals surface area contributed by atoms with Crippen LogP contribution >= 0.6 is 23.2 Å². The van der Waals surface area contributed by atoms with Crippen molar-refractivity contribution in [1.29, 1.82) is 0 Å². The number of nitrogens with zero attached hydrogens (tertiary/aromatic N) is 1. The van der Waals surface area contributed by atoms with Gasteiger partial charge < -0.3 is 10.6 Å². The Morgan fingerprint density at radius 3 is 2.55 bits per heavy atom. The smallest absolute Gasteiger partial charge is 0.339 e. The molecule has 0 saturated heterocycles. The summed E-state index contributed by atoms with van der Waals surface area (Å²) in [5.41, 5.74) is 6.93. The number of fused-ring (bicyclic) bond motifs is 1. The lowest BCUT2D eigenvalue weighted by atomic mass is 9.92. The van der Waals surface area contributed by atoms with Crippen molar-refractivity contribution >= 4 is 46.3 Å². The van der Waals surface area contributed by atoms with Crippen LogP contribution in [-0.4, -0.2) is 11.7 Å². The van der Waals surface area contributed by atoms with E-state index in [1.165, 1.54) is 0 Å². The highest BCUT2D eigenvalue weighted by Crippen LogP contribution is 2.32. The second kappa shape index (κ2) is 8.55. The fraction of sp³-hybridized carbons (Fsp3) is 0.0909. The molecule has 2 amide bonds. The van der Waals surface area contributed by atoms with Gasteiger partial charge in [-0.2, -0.15) is 5.10 Å². The van der Waals surface area contributed by atoms with E-state index in [9.17, 15) is 4.79 Å². The number of hydrogen-bond donors (Lipinski definition) is 3. The molecular formula is C22H18Cl2N4O. The highest BCUT2D eigenvalue weighted by molar-refractivity contribution is 6.36. The van der Waals surface area contributed by atoms with E-state index in [1.54, 1.807) is 18.2 Å². The Kier molecular flexibility index (Phi) is 5.69. The summed E-state index contributed by atoms with van der Waals surface area (Å²) in [5, 5.41) is 11.5. The van der Waals surface area contributed by atoms with Crippen LogP contribution in [0.3, 0.4) is 0 Å². The van der Waals surface area contributed by atoms with Crippen molar-refractivity contribution in [2.75, 3.05) is 10.6 Å². The number of carbonyl (C=O) groups is 1. The molecule has 146 valence electrons. The maximum atomic E-state index is 12.3. The second-order valence-corrected chi connectivity index (χ2v) is 7.45. The Bertz CT molecular complexity index is 1070. The van der Waals surface area contributed by atoms with Crippen LogP contribution in [0, 0.1) is 0 Å². The number of rotatable bonds is 3. The first kappa shape index (κ1) is 19.3. The van der Waals surface area contributed by atoms with E-state index in [0.29, 0.717) is 22.2 Å². The zero-order chi connectivity index (χ0) is 20.2. The van der Waals surface area contributed by atoms with Gasteiger partial charge >= 0.3 is 6.03 Å². The van der Waals surface area contributed by atoms with Crippen LogP contribution in [0.15, 0.2) is 77.9 Å². The Balaban J connectivity index is 1.54. The maximum absolute atomic E-state index is 12.3. The summed E-state index contributed by atoms with van der Waals surface area (Å²) < 4.78 is 0. The van der Waals surface area contributed by atoms with E-state index < -0.39 is 6.03 Å². The lowest BCUT2D eigenvalue weighted by Crippen LogP contribution is -2.29. The second-order valence-electron chi connectivity index (χ2n) is 6.61. The summed E-state index contributed by atoms with van der Waals surface area (Å²) in [6.07, 6.45) is 0.642. The summed E-state index contributed by atoms with van der Waals surface area (Å²) in [4.78, 5) is 12.3. The summed E-state index contributed by atoms with van der Waals surface area (Å²) in [7, 11) is 0. The zero-order valence-corrected chi connectivity index (χ0v) is 16.8. The van der Waals surface area contributed by atoms with Crippen molar-refractivity contribution in [2.24, 2.45) is 5.10 Å². The first-order valence-corrected chi connectivity index (χ1v) is 9.85. The number of amides is 2. The molecule has 5 nitrogen and oxygen atoms in total. The summed E-state index contributed by atoms with van der Waals surface area (Å²) in [6.45, 7) is 0. The fourth-order valence-electron chi connectivity index (χ4n) is 3.25. The Morgan fingerprint density at radius 1 is 1.00 bits per heavy atom. The Hall–Kier alpha value is -3.02. The average molecular weight is 425 g/mol. The number of carbonyl (C=O) groups excluding carboxylic acids is 1. The van der Waals surface area contributed by atoms with Crippen molar-refractivity contribution in [3.63, 3.8) is 0 Å². The van der Waals surface area contributed by atoms with E-state index >= 15 is 0 Å². The molecule has 1 atom stereocenters. The summed E-state index contributed by atoms with van der Waals surface area (Å²) in [6, 6.07) is 22.5. The predicted molar refractivity (Wildman–Crippen MR) is 119 cm³/mol. The van der Waals surface area contributed by atoms with Crippen LogP contribution in [0.2, 0.25) is 10.0 Å². The molecule has 3 aromatic rings. The molecule has 0 bridgehead atoms. The molecule has 0 saturated carbocycles. The lowest BCUT2D eigenvalue weighted by Gasteiger charge is -2.28. The van der Waals surface area contributed by atoms with Gasteiger partial charge in [0.05, 0.1) is 22.5 Å². The molecular weight excluding hydrogens is 407 g/mol. The fourth-order valence-corrected chi connectivity index (χ4v) is 3.71. The highest BCUT2D eigenvalue weighted by atomic mass is 35.5. The number of anilines is 2. The van der Waals surface area contributed by atoms with Crippen molar-refractivity contribution in [1.82, 2.24) is 5.43 Å². The standard InChI is InChI=1S/C22H18Cl2N4O/c23-15-10-11-19(17(24)12-15)26-22(29)28-27-21-13-20(14-6-2-1-3-7-14)25-18-9-5-4-8-16(18)21/h1-12,20,25H,13H2,(H2,26,28,29). The molecule has 29 heavy (non-hydrogen) atoms. The van der Waals surface area contributed by atoms with Crippen LogP contribution < -0.4 is 16.1 Å². The summed E-state index contributed by atoms with van der Waals surface area (Å²) in [5.74, 6) is 0. The molecule has 1 heterocycles. The molecule has 0 aromatic heterocycles. The maximum Gasteiger partial charge on any atom is 0.339 e. The van der Waals surface area contributed by atoms with Crippen molar-refractivity contribution in [3.8, 4) is 0 Å². The van der Waals surface area contributed by atoms with Gasteiger partial charge in [0.1, 0.15) is 0 Å². The minimum absolute atomic E-state index is 0.0698. The number of urea groups is 1. The topological polar surface area (TPSA) is 65.5 Å². The van der Waals surface area contributed by atoms with Gasteiger partial charge in [-0.3, -0.25) is 0 Å². The van der Waals surface area contributed by atoms with Crippen LogP contribution in [0.5, 0.6) is 0 Å². The predicted octanol–water partition coefficient (Wildman–Crippen LogP) is 6.08. The van der Waals surface area contributed by atoms with Gasteiger partial charge in [-0.05, 0) is 29.8 Å². The normalized spacial score (nSPS) is 16.6. The first-order valence-electron chi connectivity index (χ1n) is 9.09. The monoisotopic (exact) mass is 424 g/mol. The SMILES string of the molecule is O=C(NN=C1CC(c2ccccc2)Nc2ccccc21)Nc1ccc(Cl)cc1Cl. The highest BCUT2D eigenvalue weighted by Gasteiger charge is 2.24. The number of hydrogen-bond acceptors (Lipinski definition) is 3. The van der Waals surface area contributed by atoms with Gasteiger partial charge in [0.15, 0.2) is 0 Å². The number of nitrogens with one attached hydrogen (secondary N) is 3. The Morgan fingerprint density at radius 2 is 1.76 bits per heavy atom. The molecule has 1 aliphatic heterocycles. The lowest BCUT2D eigenvalue weighted by molar-refractivity contribution is 0.252. The van der Waals surface area contributed by atoms with Crippen LogP contribution in [-0.2, 0) is 0 Å². The Labute approximate surface area is 178 Å². The van der Waals surface area contributed by atoms with Gasteiger partial charge in [-0.15, -0.1) is 0 Å². The van der Waals surface area contributed by atoms with E-state index in [2.05, 4.69) is 33.3 Å².